The Labute approximate surface area is 107 Å². The highest BCUT2D eigenvalue weighted by atomic mass is 16.5. The van der Waals surface area contributed by atoms with Gasteiger partial charge in [0.05, 0.1) is 25.4 Å². The van der Waals surface area contributed by atoms with E-state index in [1.165, 1.54) is 0 Å². The highest BCUT2D eigenvalue weighted by molar-refractivity contribution is 5.46. The average molecular weight is 252 g/mol. The minimum absolute atomic E-state index is 0.0339. The Balaban J connectivity index is 2.25. The Bertz CT molecular complexity index is 413. The zero-order valence-corrected chi connectivity index (χ0v) is 11.1. The molecule has 1 fully saturated rings. The maximum atomic E-state index is 9.20. The van der Waals surface area contributed by atoms with Gasteiger partial charge in [-0.2, -0.15) is 4.98 Å². The fraction of sp³-hybridized carbons (Fsp3) is 0.667. The van der Waals surface area contributed by atoms with Crippen LogP contribution >= 0.6 is 0 Å². The SMILES string of the molecule is CNc1nc(C)cc(N2CC(CO)OCC2C)n1. The number of aliphatic hydroxyl groups is 1. The van der Waals surface area contributed by atoms with E-state index < -0.39 is 0 Å². The molecule has 2 rings (SSSR count). The summed E-state index contributed by atoms with van der Waals surface area (Å²) in [7, 11) is 1.80. The normalized spacial score (nSPS) is 24.1. The number of rotatable bonds is 3. The molecule has 1 aliphatic rings. The fourth-order valence-corrected chi connectivity index (χ4v) is 2.06. The number of aliphatic hydroxyl groups excluding tert-OH is 1. The van der Waals surface area contributed by atoms with E-state index in [0.717, 1.165) is 11.5 Å². The van der Waals surface area contributed by atoms with Crippen LogP contribution in [0.1, 0.15) is 12.6 Å². The van der Waals surface area contributed by atoms with Crippen LogP contribution in [-0.2, 0) is 4.74 Å². The van der Waals surface area contributed by atoms with E-state index in [1.807, 2.05) is 13.0 Å². The highest BCUT2D eigenvalue weighted by Gasteiger charge is 2.27. The molecule has 1 aromatic rings. The van der Waals surface area contributed by atoms with Gasteiger partial charge in [-0.1, -0.05) is 0 Å². The average Bonchev–Trinajstić information content (AvgIpc) is 2.38. The molecule has 0 aliphatic carbocycles. The Morgan fingerprint density at radius 2 is 2.33 bits per heavy atom. The molecule has 1 aromatic heterocycles. The summed E-state index contributed by atoms with van der Waals surface area (Å²) in [5.74, 6) is 1.49. The Kier molecular flexibility index (Phi) is 3.98. The summed E-state index contributed by atoms with van der Waals surface area (Å²) in [6.45, 7) is 5.32. The molecule has 6 heteroatoms. The monoisotopic (exact) mass is 252 g/mol. The van der Waals surface area contributed by atoms with Gasteiger partial charge in [0.25, 0.3) is 0 Å². The number of anilines is 2. The molecule has 0 aromatic carbocycles. The van der Waals surface area contributed by atoms with Gasteiger partial charge in [-0.05, 0) is 13.8 Å². The molecule has 2 atom stereocenters. The van der Waals surface area contributed by atoms with E-state index >= 15 is 0 Å². The second-order valence-corrected chi connectivity index (χ2v) is 4.58. The standard InChI is InChI=1S/C12H20N4O2/c1-8-4-11(15-12(13-3)14-8)16-5-10(6-17)18-7-9(16)2/h4,9-10,17H,5-7H2,1-3H3,(H,13,14,15). The van der Waals surface area contributed by atoms with E-state index in [0.29, 0.717) is 19.1 Å². The first-order chi connectivity index (χ1) is 8.63. The molecule has 1 saturated heterocycles. The maximum absolute atomic E-state index is 9.20. The van der Waals surface area contributed by atoms with Gasteiger partial charge in [0, 0.05) is 25.4 Å². The van der Waals surface area contributed by atoms with Crippen molar-refractivity contribution < 1.29 is 9.84 Å². The van der Waals surface area contributed by atoms with Crippen molar-refractivity contribution in [2.75, 3.05) is 37.0 Å². The van der Waals surface area contributed by atoms with Gasteiger partial charge in [0.15, 0.2) is 0 Å². The van der Waals surface area contributed by atoms with Crippen molar-refractivity contribution in [1.82, 2.24) is 9.97 Å². The Morgan fingerprint density at radius 3 is 3.00 bits per heavy atom. The van der Waals surface area contributed by atoms with Gasteiger partial charge >= 0.3 is 0 Å². The second kappa shape index (κ2) is 5.49. The van der Waals surface area contributed by atoms with Crippen LogP contribution in [0.4, 0.5) is 11.8 Å². The fourth-order valence-electron chi connectivity index (χ4n) is 2.06. The summed E-state index contributed by atoms with van der Waals surface area (Å²) >= 11 is 0. The third-order valence-corrected chi connectivity index (χ3v) is 3.07. The van der Waals surface area contributed by atoms with E-state index in [1.54, 1.807) is 7.05 Å². The zero-order valence-electron chi connectivity index (χ0n) is 11.1. The van der Waals surface area contributed by atoms with E-state index in [4.69, 9.17) is 4.74 Å². The van der Waals surface area contributed by atoms with Crippen molar-refractivity contribution >= 4 is 11.8 Å². The summed E-state index contributed by atoms with van der Waals surface area (Å²) in [6.07, 6.45) is -0.144. The number of hydrogen-bond acceptors (Lipinski definition) is 6. The smallest absolute Gasteiger partial charge is 0.224 e. The molecule has 6 nitrogen and oxygen atoms in total. The van der Waals surface area contributed by atoms with Gasteiger partial charge < -0.3 is 20.1 Å². The minimum Gasteiger partial charge on any atom is -0.394 e. The number of hydrogen-bond donors (Lipinski definition) is 2. The van der Waals surface area contributed by atoms with Gasteiger partial charge in [-0.15, -0.1) is 0 Å². The van der Waals surface area contributed by atoms with Crippen LogP contribution in [0.25, 0.3) is 0 Å². The molecule has 0 amide bonds. The van der Waals surface area contributed by atoms with Crippen LogP contribution in [-0.4, -0.2) is 54.0 Å². The molecule has 1 aliphatic heterocycles. The van der Waals surface area contributed by atoms with Gasteiger partial charge in [-0.25, -0.2) is 4.98 Å². The summed E-state index contributed by atoms with van der Waals surface area (Å²) in [5.41, 5.74) is 0.920. The molecule has 2 N–H and O–H groups in total. The molecule has 2 heterocycles. The molecule has 18 heavy (non-hydrogen) atoms. The zero-order chi connectivity index (χ0) is 13.1. The Hall–Kier alpha value is -1.40. The molecular weight excluding hydrogens is 232 g/mol. The lowest BCUT2D eigenvalue weighted by molar-refractivity contribution is -0.0105. The van der Waals surface area contributed by atoms with Crippen LogP contribution in [0.3, 0.4) is 0 Å². The number of morpholine rings is 1. The molecule has 100 valence electrons. The summed E-state index contributed by atoms with van der Waals surface area (Å²) in [5, 5.41) is 12.2. The van der Waals surface area contributed by atoms with Crippen LogP contribution in [0.15, 0.2) is 6.07 Å². The number of nitrogens with one attached hydrogen (secondary N) is 1. The van der Waals surface area contributed by atoms with Crippen molar-refractivity contribution in [2.24, 2.45) is 0 Å². The Morgan fingerprint density at radius 1 is 1.56 bits per heavy atom. The molecule has 0 saturated carbocycles. The summed E-state index contributed by atoms with van der Waals surface area (Å²) in [4.78, 5) is 10.9. The minimum atomic E-state index is -0.144. The van der Waals surface area contributed by atoms with Crippen LogP contribution in [0.5, 0.6) is 0 Å². The van der Waals surface area contributed by atoms with Crippen LogP contribution < -0.4 is 10.2 Å². The number of nitrogens with zero attached hydrogens (tertiary/aromatic N) is 3. The molecule has 0 spiro atoms. The first kappa shape index (κ1) is 13.0. The first-order valence-corrected chi connectivity index (χ1v) is 6.16. The number of aromatic nitrogens is 2. The second-order valence-electron chi connectivity index (χ2n) is 4.58. The van der Waals surface area contributed by atoms with Gasteiger partial charge in [0.1, 0.15) is 5.82 Å². The lowest BCUT2D eigenvalue weighted by Crippen LogP contribution is -2.50. The maximum Gasteiger partial charge on any atom is 0.224 e. The third-order valence-electron chi connectivity index (χ3n) is 3.07. The topological polar surface area (TPSA) is 70.5 Å². The molecular formula is C12H20N4O2. The van der Waals surface area contributed by atoms with E-state index in [2.05, 4.69) is 27.1 Å². The number of aryl methyl sites for hydroxylation is 1. The van der Waals surface area contributed by atoms with Crippen molar-refractivity contribution in [3.05, 3.63) is 11.8 Å². The summed E-state index contributed by atoms with van der Waals surface area (Å²) < 4.78 is 5.53. The van der Waals surface area contributed by atoms with Gasteiger partial charge in [-0.3, -0.25) is 0 Å². The quantitative estimate of drug-likeness (QED) is 0.812. The van der Waals surface area contributed by atoms with Crippen LogP contribution in [0.2, 0.25) is 0 Å². The third kappa shape index (κ3) is 2.70. The predicted octanol–water partition coefficient (Wildman–Crippen LogP) is 0.413. The first-order valence-electron chi connectivity index (χ1n) is 6.16. The highest BCUT2D eigenvalue weighted by Crippen LogP contribution is 2.21. The lowest BCUT2D eigenvalue weighted by atomic mass is 10.2. The summed E-state index contributed by atoms with van der Waals surface area (Å²) in [6, 6.07) is 2.20. The van der Waals surface area contributed by atoms with Crippen molar-refractivity contribution in [2.45, 2.75) is 26.0 Å². The van der Waals surface area contributed by atoms with Crippen molar-refractivity contribution in [3.63, 3.8) is 0 Å². The van der Waals surface area contributed by atoms with Gasteiger partial charge in [0.2, 0.25) is 5.95 Å². The van der Waals surface area contributed by atoms with E-state index in [9.17, 15) is 5.11 Å². The predicted molar refractivity (Wildman–Crippen MR) is 69.9 cm³/mol. The number of ether oxygens (including phenoxy) is 1. The molecule has 0 radical (unpaired) electrons. The van der Waals surface area contributed by atoms with Crippen molar-refractivity contribution in [3.8, 4) is 0 Å². The molecule has 0 bridgehead atoms. The van der Waals surface area contributed by atoms with E-state index in [-0.39, 0.29) is 18.8 Å². The lowest BCUT2D eigenvalue weighted by Gasteiger charge is -2.38. The molecule has 2 unspecified atom stereocenters. The van der Waals surface area contributed by atoms with Crippen LogP contribution in [0, 0.1) is 6.92 Å². The van der Waals surface area contributed by atoms with Crippen molar-refractivity contribution in [1.29, 1.82) is 0 Å². The largest absolute Gasteiger partial charge is 0.394 e.